The number of β-lactam (4-membered cyclic amide) rings is 1. The summed E-state index contributed by atoms with van der Waals surface area (Å²) >= 11 is 3.02. The standard InChI is InChI=1S/C15H22N2O4S2/c1-3-5-16-6-4-9(7-16)22-15-11(14(20)21)17-12(19)10(8(2)18)13(17)23-15/h8-10,13,18H,3-7H2,1-2H3,(H,20,21)/t8?,9?,10?,13-/m1/s1. The minimum Gasteiger partial charge on any atom is -0.477 e. The van der Waals surface area contributed by atoms with Crippen LogP contribution in [-0.2, 0) is 9.59 Å². The van der Waals surface area contributed by atoms with Gasteiger partial charge in [0.05, 0.1) is 16.3 Å². The summed E-state index contributed by atoms with van der Waals surface area (Å²) in [5.41, 5.74) is 0.112. The van der Waals surface area contributed by atoms with E-state index >= 15 is 0 Å². The number of carbonyl (C=O) groups is 2. The number of nitrogens with zero attached hydrogens (tertiary/aromatic N) is 2. The number of carboxylic acids is 1. The predicted octanol–water partition coefficient (Wildman–Crippen LogP) is 1.37. The Hall–Kier alpha value is -0.700. The molecule has 0 spiro atoms. The summed E-state index contributed by atoms with van der Waals surface area (Å²) < 4.78 is 0.724. The van der Waals surface area contributed by atoms with Gasteiger partial charge in [0.1, 0.15) is 5.37 Å². The van der Waals surface area contributed by atoms with Crippen molar-refractivity contribution >= 4 is 35.4 Å². The molecular weight excluding hydrogens is 336 g/mol. The molecule has 8 heteroatoms. The minimum atomic E-state index is -1.05. The minimum absolute atomic E-state index is 0.112. The molecule has 3 aliphatic heterocycles. The number of aliphatic hydroxyl groups is 1. The van der Waals surface area contributed by atoms with Crippen molar-refractivity contribution in [2.45, 2.75) is 43.4 Å². The van der Waals surface area contributed by atoms with Crippen LogP contribution in [0.25, 0.3) is 0 Å². The number of amides is 1. The first-order valence-electron chi connectivity index (χ1n) is 7.98. The third-order valence-corrected chi connectivity index (χ3v) is 7.37. The van der Waals surface area contributed by atoms with Crippen molar-refractivity contribution in [1.29, 1.82) is 0 Å². The number of aliphatic hydroxyl groups excluding tert-OH is 1. The summed E-state index contributed by atoms with van der Waals surface area (Å²) in [6.07, 6.45) is 1.41. The van der Waals surface area contributed by atoms with Gasteiger partial charge in [-0.3, -0.25) is 9.69 Å². The van der Waals surface area contributed by atoms with Gasteiger partial charge in [-0.1, -0.05) is 18.7 Å². The van der Waals surface area contributed by atoms with Gasteiger partial charge in [-0.2, -0.15) is 0 Å². The molecule has 0 aliphatic carbocycles. The van der Waals surface area contributed by atoms with Gasteiger partial charge in [0.25, 0.3) is 0 Å². The Labute approximate surface area is 144 Å². The molecule has 0 aromatic rings. The normalized spacial score (nSPS) is 32.2. The van der Waals surface area contributed by atoms with Crippen molar-refractivity contribution in [1.82, 2.24) is 9.80 Å². The highest BCUT2D eigenvalue weighted by atomic mass is 32.2. The molecule has 0 aromatic heterocycles. The van der Waals surface area contributed by atoms with Crippen molar-refractivity contribution < 1.29 is 19.8 Å². The number of fused-ring (bicyclic) bond motifs is 1. The Kier molecular flexibility index (Phi) is 4.96. The molecule has 3 heterocycles. The summed E-state index contributed by atoms with van der Waals surface area (Å²) in [6.45, 7) is 6.84. The maximum absolute atomic E-state index is 12.2. The van der Waals surface area contributed by atoms with E-state index in [1.807, 2.05) is 0 Å². The van der Waals surface area contributed by atoms with Crippen LogP contribution in [-0.4, -0.2) is 68.3 Å². The first kappa shape index (κ1) is 17.1. The third kappa shape index (κ3) is 3.01. The monoisotopic (exact) mass is 358 g/mol. The van der Waals surface area contributed by atoms with Crippen molar-refractivity contribution in [3.63, 3.8) is 0 Å². The summed E-state index contributed by atoms with van der Waals surface area (Å²) in [6, 6.07) is 0. The van der Waals surface area contributed by atoms with Gasteiger partial charge in [-0.15, -0.1) is 11.8 Å². The summed E-state index contributed by atoms with van der Waals surface area (Å²) in [7, 11) is 0. The van der Waals surface area contributed by atoms with Crippen LogP contribution in [0.4, 0.5) is 0 Å². The molecule has 4 atom stereocenters. The molecule has 3 aliphatic rings. The Morgan fingerprint density at radius 2 is 2.26 bits per heavy atom. The van der Waals surface area contributed by atoms with Crippen molar-refractivity contribution in [3.05, 3.63) is 9.93 Å². The summed E-state index contributed by atoms with van der Waals surface area (Å²) in [5, 5.41) is 19.4. The molecule has 0 radical (unpaired) electrons. The first-order chi connectivity index (χ1) is 10.9. The van der Waals surface area contributed by atoms with Crippen LogP contribution in [0.5, 0.6) is 0 Å². The number of rotatable bonds is 6. The zero-order valence-electron chi connectivity index (χ0n) is 13.3. The number of thioether (sulfide) groups is 2. The number of likely N-dealkylation sites (tertiary alicyclic amines) is 1. The van der Waals surface area contributed by atoms with Gasteiger partial charge in [0.2, 0.25) is 5.91 Å². The van der Waals surface area contributed by atoms with E-state index in [0.717, 1.165) is 36.7 Å². The Bertz CT molecular complexity index is 552. The smallest absolute Gasteiger partial charge is 0.354 e. The van der Waals surface area contributed by atoms with E-state index < -0.39 is 18.0 Å². The fourth-order valence-electron chi connectivity index (χ4n) is 3.40. The first-order valence-corrected chi connectivity index (χ1v) is 9.74. The maximum Gasteiger partial charge on any atom is 0.354 e. The van der Waals surface area contributed by atoms with Crippen LogP contribution < -0.4 is 0 Å². The van der Waals surface area contributed by atoms with Crippen LogP contribution >= 0.6 is 23.5 Å². The SMILES string of the molecule is CCCN1CCC(SC2=C(C(=O)O)N3C(=O)C(C(C)O)[C@H]3S2)C1. The summed E-state index contributed by atoms with van der Waals surface area (Å²) in [5.74, 6) is -1.82. The van der Waals surface area contributed by atoms with E-state index in [4.69, 9.17) is 0 Å². The second-order valence-electron chi connectivity index (χ2n) is 6.25. The highest BCUT2D eigenvalue weighted by molar-refractivity contribution is 8.23. The lowest BCUT2D eigenvalue weighted by atomic mass is 9.92. The van der Waals surface area contributed by atoms with Gasteiger partial charge >= 0.3 is 5.97 Å². The van der Waals surface area contributed by atoms with E-state index in [0.29, 0.717) is 5.25 Å². The maximum atomic E-state index is 12.2. The fourth-order valence-corrected chi connectivity index (χ4v) is 6.75. The van der Waals surface area contributed by atoms with Crippen molar-refractivity contribution in [3.8, 4) is 0 Å². The van der Waals surface area contributed by atoms with E-state index in [2.05, 4.69) is 11.8 Å². The lowest BCUT2D eigenvalue weighted by Crippen LogP contribution is -2.60. The van der Waals surface area contributed by atoms with Gasteiger partial charge < -0.3 is 15.1 Å². The molecule has 0 aromatic carbocycles. The number of aliphatic carboxylic acids is 1. The topological polar surface area (TPSA) is 81.1 Å². The van der Waals surface area contributed by atoms with E-state index in [-0.39, 0.29) is 17.0 Å². The van der Waals surface area contributed by atoms with E-state index in [1.165, 1.54) is 16.7 Å². The zero-order chi connectivity index (χ0) is 16.7. The second kappa shape index (κ2) is 6.66. The van der Waals surface area contributed by atoms with Gasteiger partial charge in [0.15, 0.2) is 5.70 Å². The number of carboxylic acid groups (broad SMARTS) is 1. The average molecular weight is 358 g/mol. The largest absolute Gasteiger partial charge is 0.477 e. The molecule has 3 rings (SSSR count). The highest BCUT2D eigenvalue weighted by Gasteiger charge is 2.58. The molecule has 0 bridgehead atoms. The van der Waals surface area contributed by atoms with Crippen molar-refractivity contribution in [2.75, 3.05) is 19.6 Å². The fraction of sp³-hybridized carbons (Fsp3) is 0.733. The van der Waals surface area contributed by atoms with Gasteiger partial charge in [-0.05, 0) is 32.9 Å². The molecular formula is C15H22N2O4S2. The van der Waals surface area contributed by atoms with Crippen LogP contribution in [0.3, 0.4) is 0 Å². The van der Waals surface area contributed by atoms with Crippen LogP contribution in [0, 0.1) is 5.92 Å². The van der Waals surface area contributed by atoms with Gasteiger partial charge in [0, 0.05) is 11.8 Å². The molecule has 128 valence electrons. The van der Waals surface area contributed by atoms with Crippen LogP contribution in [0.15, 0.2) is 9.93 Å². The third-order valence-electron chi connectivity index (χ3n) is 4.51. The second-order valence-corrected chi connectivity index (χ2v) is 8.95. The van der Waals surface area contributed by atoms with Crippen LogP contribution in [0.1, 0.15) is 26.7 Å². The Balaban J connectivity index is 1.72. The van der Waals surface area contributed by atoms with E-state index in [1.54, 1.807) is 18.7 Å². The lowest BCUT2D eigenvalue weighted by Gasteiger charge is -2.43. The predicted molar refractivity (Wildman–Crippen MR) is 90.8 cm³/mol. The Morgan fingerprint density at radius 1 is 1.52 bits per heavy atom. The summed E-state index contributed by atoms with van der Waals surface area (Å²) in [4.78, 5) is 27.5. The number of carbonyl (C=O) groups excluding carboxylic acids is 1. The zero-order valence-corrected chi connectivity index (χ0v) is 14.9. The Morgan fingerprint density at radius 3 is 2.87 bits per heavy atom. The van der Waals surface area contributed by atoms with Crippen LogP contribution in [0.2, 0.25) is 0 Å². The molecule has 2 saturated heterocycles. The number of hydrogen-bond acceptors (Lipinski definition) is 6. The molecule has 6 nitrogen and oxygen atoms in total. The molecule has 2 fully saturated rings. The number of hydrogen-bond donors (Lipinski definition) is 2. The van der Waals surface area contributed by atoms with Crippen molar-refractivity contribution in [2.24, 2.45) is 5.92 Å². The molecule has 3 unspecified atom stereocenters. The lowest BCUT2D eigenvalue weighted by molar-refractivity contribution is -0.156. The molecule has 1 amide bonds. The quantitative estimate of drug-likeness (QED) is 0.694. The van der Waals surface area contributed by atoms with Gasteiger partial charge in [-0.25, -0.2) is 4.79 Å². The van der Waals surface area contributed by atoms with E-state index in [9.17, 15) is 19.8 Å². The molecule has 2 N–H and O–H groups in total. The molecule has 0 saturated carbocycles. The average Bonchev–Trinajstić information content (AvgIpc) is 3.02. The highest BCUT2D eigenvalue weighted by Crippen LogP contribution is 2.55. The molecule has 23 heavy (non-hydrogen) atoms.